The fourth-order valence-electron chi connectivity index (χ4n) is 2.18. The fourth-order valence-corrected chi connectivity index (χ4v) is 2.18. The second kappa shape index (κ2) is 8.19. The predicted molar refractivity (Wildman–Crippen MR) is 87.6 cm³/mol. The summed E-state index contributed by atoms with van der Waals surface area (Å²) in [6.07, 6.45) is 1.53. The number of esters is 1. The quantitative estimate of drug-likeness (QED) is 0.789. The lowest BCUT2D eigenvalue weighted by Crippen LogP contribution is -2.31. The first kappa shape index (κ1) is 17.6. The molecule has 0 aliphatic heterocycles. The van der Waals surface area contributed by atoms with Gasteiger partial charge in [0.2, 0.25) is 0 Å². The van der Waals surface area contributed by atoms with Gasteiger partial charge in [-0.15, -0.1) is 0 Å². The van der Waals surface area contributed by atoms with E-state index in [4.69, 9.17) is 13.9 Å². The lowest BCUT2D eigenvalue weighted by atomic mass is 10.1. The van der Waals surface area contributed by atoms with Crippen LogP contribution in [0.3, 0.4) is 0 Å². The van der Waals surface area contributed by atoms with Crippen molar-refractivity contribution in [2.24, 2.45) is 0 Å². The molecule has 1 atom stereocenters. The molecule has 0 bridgehead atoms. The molecule has 1 N–H and O–H groups in total. The van der Waals surface area contributed by atoms with Crippen LogP contribution < -0.4 is 10.1 Å². The van der Waals surface area contributed by atoms with Gasteiger partial charge in [-0.25, -0.2) is 4.79 Å². The normalized spacial score (nSPS) is 11.6. The van der Waals surface area contributed by atoms with Crippen molar-refractivity contribution in [2.75, 3.05) is 13.2 Å². The Morgan fingerprint density at radius 3 is 2.67 bits per heavy atom. The molecule has 0 saturated heterocycles. The highest BCUT2D eigenvalue weighted by Crippen LogP contribution is 2.18. The molecular formula is C18H21NO5. The Morgan fingerprint density at radius 2 is 2.00 bits per heavy atom. The lowest BCUT2D eigenvalue weighted by Gasteiger charge is -2.12. The molecule has 1 amide bonds. The maximum atomic E-state index is 11.7. The average molecular weight is 331 g/mol. The number of benzene rings is 1. The van der Waals surface area contributed by atoms with E-state index >= 15 is 0 Å². The number of carbonyl (C=O) groups excluding carboxylic acids is 2. The Morgan fingerprint density at radius 1 is 1.21 bits per heavy atom. The number of nitrogens with one attached hydrogen (secondary N) is 1. The van der Waals surface area contributed by atoms with E-state index in [0.717, 1.165) is 11.1 Å². The van der Waals surface area contributed by atoms with Crippen molar-refractivity contribution < 1.29 is 23.5 Å². The zero-order chi connectivity index (χ0) is 17.5. The van der Waals surface area contributed by atoms with Crippen molar-refractivity contribution in [3.63, 3.8) is 0 Å². The molecule has 0 saturated carbocycles. The summed E-state index contributed by atoms with van der Waals surface area (Å²) in [6.45, 7) is 5.05. The average Bonchev–Trinajstić information content (AvgIpc) is 3.06. The van der Waals surface area contributed by atoms with E-state index in [0.29, 0.717) is 11.5 Å². The van der Waals surface area contributed by atoms with Gasteiger partial charge >= 0.3 is 5.97 Å². The highest BCUT2D eigenvalue weighted by molar-refractivity contribution is 5.81. The summed E-state index contributed by atoms with van der Waals surface area (Å²) in [5, 5.41) is 2.68. The molecule has 128 valence electrons. The van der Waals surface area contributed by atoms with E-state index in [1.54, 1.807) is 25.1 Å². The Kier molecular flexibility index (Phi) is 6.01. The van der Waals surface area contributed by atoms with E-state index in [9.17, 15) is 9.59 Å². The van der Waals surface area contributed by atoms with Crippen LogP contribution in [0.5, 0.6) is 5.75 Å². The summed E-state index contributed by atoms with van der Waals surface area (Å²) in [6, 6.07) is 8.87. The molecule has 24 heavy (non-hydrogen) atoms. The number of hydrogen-bond donors (Lipinski definition) is 1. The van der Waals surface area contributed by atoms with E-state index in [2.05, 4.69) is 5.32 Å². The topological polar surface area (TPSA) is 77.8 Å². The standard InChI is InChI=1S/C18H21NO5/c1-12-6-7-15(13(2)9-12)23-11-18(21)24-10-17(20)19-14(3)16-5-4-8-22-16/h4-9,14H,10-11H2,1-3H3,(H,19,20)/t14-/m1/s1. The largest absolute Gasteiger partial charge is 0.482 e. The molecule has 0 radical (unpaired) electrons. The van der Waals surface area contributed by atoms with Gasteiger partial charge in [0.25, 0.3) is 5.91 Å². The van der Waals surface area contributed by atoms with Gasteiger partial charge in [0.15, 0.2) is 13.2 Å². The van der Waals surface area contributed by atoms with Crippen LogP contribution in [-0.2, 0) is 14.3 Å². The highest BCUT2D eigenvalue weighted by atomic mass is 16.6. The van der Waals surface area contributed by atoms with Crippen LogP contribution in [0.4, 0.5) is 0 Å². The van der Waals surface area contributed by atoms with Gasteiger partial charge < -0.3 is 19.2 Å². The molecule has 1 heterocycles. The molecule has 2 aromatic rings. The number of hydrogen-bond acceptors (Lipinski definition) is 5. The maximum Gasteiger partial charge on any atom is 0.344 e. The van der Waals surface area contributed by atoms with Crippen molar-refractivity contribution in [1.29, 1.82) is 0 Å². The molecular weight excluding hydrogens is 310 g/mol. The zero-order valence-electron chi connectivity index (χ0n) is 14.0. The fraction of sp³-hybridized carbons (Fsp3) is 0.333. The second-order valence-corrected chi connectivity index (χ2v) is 5.52. The molecule has 1 aromatic heterocycles. The Balaban J connectivity index is 1.71. The minimum atomic E-state index is -0.601. The number of aryl methyl sites for hydroxylation is 2. The first-order valence-corrected chi connectivity index (χ1v) is 7.64. The van der Waals surface area contributed by atoms with Crippen molar-refractivity contribution >= 4 is 11.9 Å². The Labute approximate surface area is 140 Å². The van der Waals surface area contributed by atoms with E-state index in [-0.39, 0.29) is 19.3 Å². The highest BCUT2D eigenvalue weighted by Gasteiger charge is 2.14. The van der Waals surface area contributed by atoms with Crippen molar-refractivity contribution in [3.05, 3.63) is 53.5 Å². The maximum absolute atomic E-state index is 11.7. The summed E-state index contributed by atoms with van der Waals surface area (Å²) < 4.78 is 15.5. The van der Waals surface area contributed by atoms with E-state index < -0.39 is 11.9 Å². The molecule has 0 unspecified atom stereocenters. The molecule has 0 spiro atoms. The second-order valence-electron chi connectivity index (χ2n) is 5.52. The molecule has 0 fully saturated rings. The third-order valence-corrected chi connectivity index (χ3v) is 3.39. The van der Waals surface area contributed by atoms with Gasteiger partial charge in [-0.05, 0) is 44.5 Å². The Hall–Kier alpha value is -2.76. The van der Waals surface area contributed by atoms with Crippen LogP contribution in [0.15, 0.2) is 41.0 Å². The summed E-state index contributed by atoms with van der Waals surface area (Å²) in [5.74, 6) is 0.246. The molecule has 0 aliphatic rings. The predicted octanol–water partition coefficient (Wildman–Crippen LogP) is 2.70. The monoisotopic (exact) mass is 331 g/mol. The van der Waals surface area contributed by atoms with Crippen molar-refractivity contribution in [2.45, 2.75) is 26.8 Å². The van der Waals surface area contributed by atoms with Crippen molar-refractivity contribution in [1.82, 2.24) is 5.32 Å². The SMILES string of the molecule is Cc1ccc(OCC(=O)OCC(=O)N[C@H](C)c2ccco2)c(C)c1. The third kappa shape index (κ3) is 5.15. The third-order valence-electron chi connectivity index (χ3n) is 3.39. The van der Waals surface area contributed by atoms with Gasteiger partial charge in [0.05, 0.1) is 12.3 Å². The summed E-state index contributed by atoms with van der Waals surface area (Å²) >= 11 is 0. The van der Waals surface area contributed by atoms with Gasteiger partial charge in [-0.1, -0.05) is 17.7 Å². The first-order valence-electron chi connectivity index (χ1n) is 7.64. The molecule has 6 heteroatoms. The summed E-state index contributed by atoms with van der Waals surface area (Å²) in [7, 11) is 0. The number of rotatable bonds is 7. The van der Waals surface area contributed by atoms with E-state index in [1.807, 2.05) is 26.0 Å². The van der Waals surface area contributed by atoms with Crippen LogP contribution >= 0.6 is 0 Å². The van der Waals surface area contributed by atoms with Crippen LogP contribution in [0.2, 0.25) is 0 Å². The first-order chi connectivity index (χ1) is 11.5. The number of carbonyl (C=O) groups is 2. The summed E-state index contributed by atoms with van der Waals surface area (Å²) in [5.41, 5.74) is 2.05. The Bertz CT molecular complexity index is 693. The summed E-state index contributed by atoms with van der Waals surface area (Å²) in [4.78, 5) is 23.4. The van der Waals surface area contributed by atoms with Crippen LogP contribution in [0.1, 0.15) is 29.9 Å². The molecule has 2 rings (SSSR count). The minimum absolute atomic E-state index is 0.245. The van der Waals surface area contributed by atoms with Crippen LogP contribution in [0, 0.1) is 13.8 Å². The van der Waals surface area contributed by atoms with Gasteiger partial charge in [-0.3, -0.25) is 4.79 Å². The lowest BCUT2D eigenvalue weighted by molar-refractivity contribution is -0.150. The smallest absolute Gasteiger partial charge is 0.344 e. The molecule has 6 nitrogen and oxygen atoms in total. The zero-order valence-corrected chi connectivity index (χ0v) is 14.0. The number of amides is 1. The van der Waals surface area contributed by atoms with Crippen LogP contribution in [0.25, 0.3) is 0 Å². The molecule has 0 aliphatic carbocycles. The van der Waals surface area contributed by atoms with E-state index in [1.165, 1.54) is 6.26 Å². The molecule has 1 aromatic carbocycles. The minimum Gasteiger partial charge on any atom is -0.482 e. The van der Waals surface area contributed by atoms with Crippen molar-refractivity contribution in [3.8, 4) is 5.75 Å². The van der Waals surface area contributed by atoms with Gasteiger partial charge in [-0.2, -0.15) is 0 Å². The number of furan rings is 1. The van der Waals surface area contributed by atoms with Gasteiger partial charge in [0, 0.05) is 0 Å². The van der Waals surface area contributed by atoms with Crippen LogP contribution in [-0.4, -0.2) is 25.1 Å². The van der Waals surface area contributed by atoms with Gasteiger partial charge in [0.1, 0.15) is 11.5 Å². The number of ether oxygens (including phenoxy) is 2.